The number of hydrogen-bond acceptors (Lipinski definition) is 5. The third-order valence-electron chi connectivity index (χ3n) is 2.15. The van der Waals surface area contributed by atoms with Crippen LogP contribution in [0.3, 0.4) is 0 Å². The second kappa shape index (κ2) is 6.47. The highest BCUT2D eigenvalue weighted by atomic mass is 16.4. The van der Waals surface area contributed by atoms with Gasteiger partial charge in [-0.2, -0.15) is 0 Å². The molecule has 9 nitrogen and oxygen atoms in total. The van der Waals surface area contributed by atoms with E-state index in [1.807, 2.05) is 6.92 Å². The SMILES string of the molecule is CCCc1nc(C(=O)N(CC(=O)O)CC(=O)O)n[nH]1. The third kappa shape index (κ3) is 4.37. The molecule has 0 saturated carbocycles. The van der Waals surface area contributed by atoms with Gasteiger partial charge in [0.2, 0.25) is 5.82 Å². The van der Waals surface area contributed by atoms with E-state index in [4.69, 9.17) is 10.2 Å². The van der Waals surface area contributed by atoms with Crippen LogP contribution in [0, 0.1) is 0 Å². The molecule has 9 heteroatoms. The fraction of sp³-hybridized carbons (Fsp3) is 0.500. The number of aliphatic carboxylic acids is 2. The zero-order valence-corrected chi connectivity index (χ0v) is 10.3. The zero-order valence-electron chi connectivity index (χ0n) is 10.3. The number of amides is 1. The van der Waals surface area contributed by atoms with E-state index in [9.17, 15) is 14.4 Å². The summed E-state index contributed by atoms with van der Waals surface area (Å²) in [6.45, 7) is 0.483. The van der Waals surface area contributed by atoms with Gasteiger partial charge < -0.3 is 15.1 Å². The Bertz CT molecular complexity index is 468. The average molecular weight is 270 g/mol. The molecular weight excluding hydrogens is 256 g/mol. The van der Waals surface area contributed by atoms with Gasteiger partial charge in [0.25, 0.3) is 5.91 Å². The minimum Gasteiger partial charge on any atom is -0.480 e. The Labute approximate surface area is 108 Å². The van der Waals surface area contributed by atoms with Gasteiger partial charge in [0.15, 0.2) is 0 Å². The predicted molar refractivity (Wildman–Crippen MR) is 61.6 cm³/mol. The van der Waals surface area contributed by atoms with Gasteiger partial charge in [-0.3, -0.25) is 19.5 Å². The van der Waals surface area contributed by atoms with E-state index >= 15 is 0 Å². The van der Waals surface area contributed by atoms with E-state index in [1.165, 1.54) is 0 Å². The van der Waals surface area contributed by atoms with E-state index in [2.05, 4.69) is 15.2 Å². The summed E-state index contributed by atoms with van der Waals surface area (Å²) in [6.07, 6.45) is 1.40. The number of carbonyl (C=O) groups excluding carboxylic acids is 1. The van der Waals surface area contributed by atoms with E-state index in [0.717, 1.165) is 6.42 Å². The highest BCUT2D eigenvalue weighted by Gasteiger charge is 2.24. The van der Waals surface area contributed by atoms with Crippen molar-refractivity contribution in [2.45, 2.75) is 19.8 Å². The topological polar surface area (TPSA) is 136 Å². The van der Waals surface area contributed by atoms with Crippen LogP contribution >= 0.6 is 0 Å². The van der Waals surface area contributed by atoms with Crippen molar-refractivity contribution in [1.29, 1.82) is 0 Å². The second-order valence-corrected chi connectivity index (χ2v) is 3.80. The fourth-order valence-corrected chi connectivity index (χ4v) is 1.41. The van der Waals surface area contributed by atoms with Crippen molar-refractivity contribution in [3.05, 3.63) is 11.6 Å². The zero-order chi connectivity index (χ0) is 14.4. The number of carbonyl (C=O) groups is 3. The summed E-state index contributed by atoms with van der Waals surface area (Å²) >= 11 is 0. The molecule has 19 heavy (non-hydrogen) atoms. The molecule has 1 heterocycles. The monoisotopic (exact) mass is 270 g/mol. The molecule has 1 aromatic rings. The largest absolute Gasteiger partial charge is 0.480 e. The first-order valence-electron chi connectivity index (χ1n) is 5.58. The Morgan fingerprint density at radius 3 is 2.26 bits per heavy atom. The molecule has 0 aliphatic carbocycles. The molecule has 1 aromatic heterocycles. The van der Waals surface area contributed by atoms with Crippen LogP contribution < -0.4 is 0 Å². The van der Waals surface area contributed by atoms with Gasteiger partial charge in [-0.1, -0.05) is 6.92 Å². The lowest BCUT2D eigenvalue weighted by Gasteiger charge is -2.16. The van der Waals surface area contributed by atoms with E-state index in [1.54, 1.807) is 0 Å². The van der Waals surface area contributed by atoms with Gasteiger partial charge in [-0.15, -0.1) is 5.10 Å². The van der Waals surface area contributed by atoms with Crippen molar-refractivity contribution in [3.63, 3.8) is 0 Å². The van der Waals surface area contributed by atoms with Crippen molar-refractivity contribution in [2.24, 2.45) is 0 Å². The van der Waals surface area contributed by atoms with Crippen LogP contribution in [-0.4, -0.2) is 61.2 Å². The molecule has 3 N–H and O–H groups in total. The fourth-order valence-electron chi connectivity index (χ4n) is 1.41. The molecule has 104 valence electrons. The Morgan fingerprint density at radius 2 is 1.79 bits per heavy atom. The van der Waals surface area contributed by atoms with Gasteiger partial charge in [0.05, 0.1) is 0 Å². The van der Waals surface area contributed by atoms with Gasteiger partial charge in [-0.05, 0) is 6.42 Å². The van der Waals surface area contributed by atoms with Crippen LogP contribution in [0.25, 0.3) is 0 Å². The molecule has 0 unspecified atom stereocenters. The van der Waals surface area contributed by atoms with E-state index in [-0.39, 0.29) is 5.82 Å². The molecule has 0 spiro atoms. The summed E-state index contributed by atoms with van der Waals surface area (Å²) in [5.41, 5.74) is 0. The smallest absolute Gasteiger partial charge is 0.323 e. The maximum atomic E-state index is 11.9. The normalized spacial score (nSPS) is 10.2. The first-order valence-corrected chi connectivity index (χ1v) is 5.58. The van der Waals surface area contributed by atoms with Crippen LogP contribution in [0.2, 0.25) is 0 Å². The highest BCUT2D eigenvalue weighted by Crippen LogP contribution is 2.02. The Hall–Kier alpha value is -2.45. The summed E-state index contributed by atoms with van der Waals surface area (Å²) < 4.78 is 0. The van der Waals surface area contributed by atoms with E-state index in [0.29, 0.717) is 17.1 Å². The number of hydrogen-bond donors (Lipinski definition) is 3. The van der Waals surface area contributed by atoms with Crippen LogP contribution in [0.1, 0.15) is 29.8 Å². The standard InChI is InChI=1S/C10H14N4O5/c1-2-3-6-11-9(13-12-6)10(19)14(4-7(15)16)5-8(17)18/h2-5H2,1H3,(H,15,16)(H,17,18)(H,11,12,13). The average Bonchev–Trinajstić information content (AvgIpc) is 2.75. The molecule has 0 fully saturated rings. The first kappa shape index (κ1) is 14.6. The lowest BCUT2D eigenvalue weighted by molar-refractivity contribution is -0.140. The number of carboxylic acid groups (broad SMARTS) is 2. The van der Waals surface area contributed by atoms with Crippen molar-refractivity contribution in [1.82, 2.24) is 20.1 Å². The summed E-state index contributed by atoms with van der Waals surface area (Å²) in [5.74, 6) is -3.18. The summed E-state index contributed by atoms with van der Waals surface area (Å²) in [5, 5.41) is 23.5. The maximum absolute atomic E-state index is 11.9. The van der Waals surface area contributed by atoms with Crippen LogP contribution in [0.4, 0.5) is 0 Å². The number of carboxylic acids is 2. The molecule has 0 aliphatic heterocycles. The van der Waals surface area contributed by atoms with Crippen molar-refractivity contribution < 1.29 is 24.6 Å². The molecule has 0 aromatic carbocycles. The summed E-state index contributed by atoms with van der Waals surface area (Å²) in [7, 11) is 0. The molecule has 1 rings (SSSR count). The van der Waals surface area contributed by atoms with Gasteiger partial charge >= 0.3 is 11.9 Å². The Balaban J connectivity index is 2.84. The second-order valence-electron chi connectivity index (χ2n) is 3.80. The minimum absolute atomic E-state index is 0.231. The van der Waals surface area contributed by atoms with Crippen molar-refractivity contribution in [3.8, 4) is 0 Å². The third-order valence-corrected chi connectivity index (χ3v) is 2.15. The molecule has 0 bridgehead atoms. The van der Waals surface area contributed by atoms with Crippen molar-refractivity contribution >= 4 is 17.8 Å². The minimum atomic E-state index is -1.31. The number of aromatic amines is 1. The van der Waals surface area contributed by atoms with E-state index < -0.39 is 30.9 Å². The predicted octanol–water partition coefficient (Wildman–Crippen LogP) is -0.631. The number of H-pyrrole nitrogens is 1. The van der Waals surface area contributed by atoms with Gasteiger partial charge in [-0.25, -0.2) is 4.98 Å². The first-order chi connectivity index (χ1) is 8.93. The Morgan fingerprint density at radius 1 is 1.21 bits per heavy atom. The van der Waals surface area contributed by atoms with Crippen molar-refractivity contribution in [2.75, 3.05) is 13.1 Å². The molecule has 0 saturated heterocycles. The highest BCUT2D eigenvalue weighted by molar-refractivity contribution is 5.94. The summed E-state index contributed by atoms with van der Waals surface area (Å²) in [6, 6.07) is 0. The molecule has 1 amide bonds. The van der Waals surface area contributed by atoms with Crippen LogP contribution in [0.15, 0.2) is 0 Å². The number of rotatable bonds is 7. The van der Waals surface area contributed by atoms with Crippen LogP contribution in [0.5, 0.6) is 0 Å². The number of aryl methyl sites for hydroxylation is 1. The summed E-state index contributed by atoms with van der Waals surface area (Å²) in [4.78, 5) is 37.6. The lowest BCUT2D eigenvalue weighted by Crippen LogP contribution is -2.39. The molecular formula is C10H14N4O5. The Kier molecular flexibility index (Phi) is 4.98. The lowest BCUT2D eigenvalue weighted by atomic mass is 10.3. The molecule has 0 radical (unpaired) electrons. The number of nitrogens with zero attached hydrogens (tertiary/aromatic N) is 3. The van der Waals surface area contributed by atoms with Gasteiger partial charge in [0, 0.05) is 6.42 Å². The maximum Gasteiger partial charge on any atom is 0.323 e. The van der Waals surface area contributed by atoms with Gasteiger partial charge in [0.1, 0.15) is 18.9 Å². The molecule has 0 aliphatic rings. The number of nitrogens with one attached hydrogen (secondary N) is 1. The van der Waals surface area contributed by atoms with Crippen LogP contribution in [-0.2, 0) is 16.0 Å². The quantitative estimate of drug-likeness (QED) is 0.599. The molecule has 0 atom stereocenters. The number of aromatic nitrogens is 3.